The maximum Gasteiger partial charge on any atom is 0.325 e. The van der Waals surface area contributed by atoms with Crippen LogP contribution in [0.5, 0.6) is 0 Å². The van der Waals surface area contributed by atoms with E-state index in [1.807, 2.05) is 36.4 Å². The summed E-state index contributed by atoms with van der Waals surface area (Å²) in [7, 11) is 0. The first-order chi connectivity index (χ1) is 12.6. The fourth-order valence-corrected chi connectivity index (χ4v) is 2.38. The number of rotatable bonds is 8. The second kappa shape index (κ2) is 9.98. The van der Waals surface area contributed by atoms with E-state index in [1.54, 1.807) is 31.2 Å². The van der Waals surface area contributed by atoms with E-state index in [4.69, 9.17) is 4.74 Å². The number of esters is 1. The molecule has 1 N–H and O–H groups in total. The van der Waals surface area contributed by atoms with Crippen LogP contribution in [0.4, 0.5) is 0 Å². The van der Waals surface area contributed by atoms with Gasteiger partial charge in [0, 0.05) is 12.1 Å². The fraction of sp³-hybridized carbons (Fsp3) is 0.250. The molecule has 0 heterocycles. The smallest absolute Gasteiger partial charge is 0.325 e. The second-order valence-corrected chi connectivity index (χ2v) is 5.59. The van der Waals surface area contributed by atoms with Gasteiger partial charge in [-0.25, -0.2) is 0 Å². The number of carbonyl (C=O) groups is 3. The normalized spacial score (nSPS) is 10.0. The van der Waals surface area contributed by atoms with Crippen molar-refractivity contribution in [1.29, 1.82) is 0 Å². The highest BCUT2D eigenvalue weighted by Crippen LogP contribution is 2.10. The van der Waals surface area contributed by atoms with Gasteiger partial charge in [-0.05, 0) is 24.6 Å². The Morgan fingerprint density at radius 3 is 2.19 bits per heavy atom. The molecule has 0 saturated heterocycles. The van der Waals surface area contributed by atoms with Gasteiger partial charge in [-0.15, -0.1) is 0 Å². The van der Waals surface area contributed by atoms with Gasteiger partial charge in [0.1, 0.15) is 13.1 Å². The number of amides is 2. The van der Waals surface area contributed by atoms with E-state index in [0.29, 0.717) is 12.1 Å². The molecular weight excluding hydrogens is 332 g/mol. The first kappa shape index (κ1) is 19.2. The van der Waals surface area contributed by atoms with Gasteiger partial charge in [-0.2, -0.15) is 0 Å². The lowest BCUT2D eigenvalue weighted by Crippen LogP contribution is -2.42. The van der Waals surface area contributed by atoms with Crippen LogP contribution in [-0.4, -0.2) is 42.4 Å². The quantitative estimate of drug-likeness (QED) is 0.736. The molecule has 0 aromatic heterocycles. The van der Waals surface area contributed by atoms with Gasteiger partial charge in [0.05, 0.1) is 6.61 Å². The van der Waals surface area contributed by atoms with Crippen molar-refractivity contribution in [2.45, 2.75) is 13.5 Å². The van der Waals surface area contributed by atoms with Crippen molar-refractivity contribution in [2.24, 2.45) is 0 Å². The molecule has 0 spiro atoms. The van der Waals surface area contributed by atoms with Crippen molar-refractivity contribution in [2.75, 3.05) is 19.7 Å². The van der Waals surface area contributed by atoms with Crippen LogP contribution in [-0.2, 0) is 20.9 Å². The summed E-state index contributed by atoms with van der Waals surface area (Å²) in [5.41, 5.74) is 1.41. The Kier molecular flexibility index (Phi) is 7.36. The highest BCUT2D eigenvalue weighted by molar-refractivity contribution is 5.96. The van der Waals surface area contributed by atoms with Gasteiger partial charge in [-0.1, -0.05) is 48.5 Å². The molecule has 0 fully saturated rings. The number of nitrogens with zero attached hydrogens (tertiary/aromatic N) is 1. The summed E-state index contributed by atoms with van der Waals surface area (Å²) in [5.74, 6) is -1.18. The van der Waals surface area contributed by atoms with Crippen LogP contribution in [0.25, 0.3) is 0 Å². The molecule has 6 heteroatoms. The minimum atomic E-state index is -0.509. The molecule has 0 atom stereocenters. The molecule has 2 aromatic rings. The summed E-state index contributed by atoms with van der Waals surface area (Å²) < 4.78 is 4.78. The summed E-state index contributed by atoms with van der Waals surface area (Å²) in [4.78, 5) is 37.8. The topological polar surface area (TPSA) is 75.7 Å². The van der Waals surface area contributed by atoms with Crippen LogP contribution in [0, 0.1) is 0 Å². The Balaban J connectivity index is 2.06. The summed E-state index contributed by atoms with van der Waals surface area (Å²) in [6.45, 7) is 1.87. The Morgan fingerprint density at radius 1 is 0.962 bits per heavy atom. The number of carbonyl (C=O) groups excluding carboxylic acids is 3. The minimum absolute atomic E-state index is 0.151. The molecule has 136 valence electrons. The van der Waals surface area contributed by atoms with Crippen LogP contribution in [0.2, 0.25) is 0 Å². The van der Waals surface area contributed by atoms with Gasteiger partial charge in [0.2, 0.25) is 5.91 Å². The Labute approximate surface area is 152 Å². The zero-order chi connectivity index (χ0) is 18.8. The standard InChI is InChI=1S/C20H22N2O4/c1-2-26-19(24)13-21-18(23)15-22(14-16-9-5-3-6-10-16)20(25)17-11-7-4-8-12-17/h3-12H,2,13-15H2,1H3,(H,21,23). The minimum Gasteiger partial charge on any atom is -0.465 e. The predicted molar refractivity (Wildman–Crippen MR) is 97.3 cm³/mol. The third-order valence-corrected chi connectivity index (χ3v) is 3.59. The Hall–Kier alpha value is -3.15. The van der Waals surface area contributed by atoms with Gasteiger partial charge in [0.25, 0.3) is 5.91 Å². The molecule has 0 unspecified atom stereocenters. The van der Waals surface area contributed by atoms with E-state index in [0.717, 1.165) is 5.56 Å². The second-order valence-electron chi connectivity index (χ2n) is 5.59. The fourth-order valence-electron chi connectivity index (χ4n) is 2.38. The van der Waals surface area contributed by atoms with E-state index < -0.39 is 11.9 Å². The monoisotopic (exact) mass is 354 g/mol. The molecule has 0 bridgehead atoms. The lowest BCUT2D eigenvalue weighted by molar-refractivity contribution is -0.143. The molecular formula is C20H22N2O4. The number of benzene rings is 2. The van der Waals surface area contributed by atoms with Crippen LogP contribution in [0.3, 0.4) is 0 Å². The summed E-state index contributed by atoms with van der Waals surface area (Å²) in [5, 5.41) is 2.48. The molecule has 6 nitrogen and oxygen atoms in total. The maximum atomic E-state index is 12.8. The van der Waals surface area contributed by atoms with E-state index in [2.05, 4.69) is 5.32 Å². The molecule has 2 rings (SSSR count). The zero-order valence-electron chi connectivity index (χ0n) is 14.7. The summed E-state index contributed by atoms with van der Waals surface area (Å²) >= 11 is 0. The molecule has 0 aliphatic heterocycles. The van der Waals surface area contributed by atoms with Crippen LogP contribution < -0.4 is 5.32 Å². The average molecular weight is 354 g/mol. The average Bonchev–Trinajstić information content (AvgIpc) is 2.67. The molecule has 0 aliphatic carbocycles. The van der Waals surface area contributed by atoms with E-state index >= 15 is 0 Å². The van der Waals surface area contributed by atoms with Crippen molar-refractivity contribution in [3.05, 3.63) is 71.8 Å². The SMILES string of the molecule is CCOC(=O)CNC(=O)CN(Cc1ccccc1)C(=O)c1ccccc1. The molecule has 2 amide bonds. The Morgan fingerprint density at radius 2 is 1.58 bits per heavy atom. The van der Waals surface area contributed by atoms with Gasteiger partial charge >= 0.3 is 5.97 Å². The van der Waals surface area contributed by atoms with Crippen molar-refractivity contribution in [3.8, 4) is 0 Å². The van der Waals surface area contributed by atoms with Gasteiger partial charge in [0.15, 0.2) is 0 Å². The van der Waals surface area contributed by atoms with Gasteiger partial charge < -0.3 is 15.0 Å². The maximum absolute atomic E-state index is 12.8. The lowest BCUT2D eigenvalue weighted by atomic mass is 10.1. The first-order valence-corrected chi connectivity index (χ1v) is 8.40. The number of hydrogen-bond donors (Lipinski definition) is 1. The molecule has 0 saturated carbocycles. The highest BCUT2D eigenvalue weighted by Gasteiger charge is 2.19. The van der Waals surface area contributed by atoms with E-state index in [-0.39, 0.29) is 25.6 Å². The molecule has 2 aromatic carbocycles. The van der Waals surface area contributed by atoms with Crippen LogP contribution >= 0.6 is 0 Å². The Bertz CT molecular complexity index is 732. The lowest BCUT2D eigenvalue weighted by Gasteiger charge is -2.22. The van der Waals surface area contributed by atoms with Crippen LogP contribution in [0.1, 0.15) is 22.8 Å². The van der Waals surface area contributed by atoms with Gasteiger partial charge in [-0.3, -0.25) is 14.4 Å². The van der Waals surface area contributed by atoms with E-state index in [9.17, 15) is 14.4 Å². The third-order valence-electron chi connectivity index (χ3n) is 3.59. The summed E-state index contributed by atoms with van der Waals surface area (Å²) in [6, 6.07) is 18.2. The molecule has 0 aliphatic rings. The van der Waals surface area contributed by atoms with Crippen LogP contribution in [0.15, 0.2) is 60.7 Å². The predicted octanol–water partition coefficient (Wildman–Crippen LogP) is 2.01. The molecule has 0 radical (unpaired) electrons. The van der Waals surface area contributed by atoms with Crippen molar-refractivity contribution < 1.29 is 19.1 Å². The number of hydrogen-bond acceptors (Lipinski definition) is 4. The zero-order valence-corrected chi connectivity index (χ0v) is 14.7. The largest absolute Gasteiger partial charge is 0.465 e. The number of nitrogens with one attached hydrogen (secondary N) is 1. The third kappa shape index (κ3) is 6.05. The summed E-state index contributed by atoms with van der Waals surface area (Å²) in [6.07, 6.45) is 0. The van der Waals surface area contributed by atoms with Crippen molar-refractivity contribution in [1.82, 2.24) is 10.2 Å². The van der Waals surface area contributed by atoms with Crippen molar-refractivity contribution >= 4 is 17.8 Å². The molecule has 26 heavy (non-hydrogen) atoms. The van der Waals surface area contributed by atoms with Crippen molar-refractivity contribution in [3.63, 3.8) is 0 Å². The highest BCUT2D eigenvalue weighted by atomic mass is 16.5. The first-order valence-electron chi connectivity index (χ1n) is 8.40. The number of ether oxygens (including phenoxy) is 1. The van der Waals surface area contributed by atoms with E-state index in [1.165, 1.54) is 4.90 Å².